The van der Waals surface area contributed by atoms with Gasteiger partial charge in [-0.3, -0.25) is 9.78 Å². The number of hydrogen-bond donors (Lipinski definition) is 2. The van der Waals surface area contributed by atoms with E-state index in [1.165, 1.54) is 18.3 Å². The number of halogens is 1. The Morgan fingerprint density at radius 1 is 1.07 bits per heavy atom. The summed E-state index contributed by atoms with van der Waals surface area (Å²) in [6, 6.07) is 13.4. The van der Waals surface area contributed by atoms with Crippen molar-refractivity contribution in [2.75, 3.05) is 17.4 Å². The molecule has 0 spiro atoms. The summed E-state index contributed by atoms with van der Waals surface area (Å²) in [6.07, 6.45) is 3.05. The Hall–Kier alpha value is -3.61. The van der Waals surface area contributed by atoms with Gasteiger partial charge in [0.05, 0.1) is 16.9 Å². The summed E-state index contributed by atoms with van der Waals surface area (Å²) in [7, 11) is 0. The van der Waals surface area contributed by atoms with Gasteiger partial charge in [-0.05, 0) is 35.9 Å². The van der Waals surface area contributed by atoms with Crippen LogP contribution in [0, 0.1) is 5.82 Å². The first-order valence-corrected chi connectivity index (χ1v) is 8.32. The number of rotatable bonds is 5. The number of hydrogen-bond acceptors (Lipinski definition) is 5. The van der Waals surface area contributed by atoms with Gasteiger partial charge in [0.1, 0.15) is 5.82 Å². The number of nitrogens with zero attached hydrogens (tertiary/aromatic N) is 1. The molecule has 1 aliphatic heterocycles. The van der Waals surface area contributed by atoms with Crippen molar-refractivity contribution in [3.63, 3.8) is 0 Å². The number of pyridine rings is 1. The van der Waals surface area contributed by atoms with Gasteiger partial charge in [0.25, 0.3) is 5.91 Å². The molecule has 0 fully saturated rings. The zero-order valence-electron chi connectivity index (χ0n) is 14.2. The molecule has 0 radical (unpaired) electrons. The predicted octanol–water partition coefficient (Wildman–Crippen LogP) is 3.81. The molecule has 0 bridgehead atoms. The van der Waals surface area contributed by atoms with E-state index < -0.39 is 11.7 Å². The second-order valence-corrected chi connectivity index (χ2v) is 5.94. The van der Waals surface area contributed by atoms with Crippen molar-refractivity contribution in [3.05, 3.63) is 77.9 Å². The molecule has 3 aromatic rings. The van der Waals surface area contributed by atoms with Gasteiger partial charge < -0.3 is 20.1 Å². The maximum Gasteiger partial charge on any atom is 0.257 e. The zero-order chi connectivity index (χ0) is 18.6. The largest absolute Gasteiger partial charge is 0.454 e. The quantitative estimate of drug-likeness (QED) is 0.719. The van der Waals surface area contributed by atoms with Gasteiger partial charge in [-0.25, -0.2) is 4.39 Å². The summed E-state index contributed by atoms with van der Waals surface area (Å²) in [5.74, 6) is 0.521. The van der Waals surface area contributed by atoms with E-state index in [-0.39, 0.29) is 12.5 Å². The molecule has 0 atom stereocenters. The summed E-state index contributed by atoms with van der Waals surface area (Å²) < 4.78 is 24.3. The van der Waals surface area contributed by atoms with Crippen molar-refractivity contribution in [1.29, 1.82) is 0 Å². The molecule has 2 aromatic carbocycles. The first-order valence-electron chi connectivity index (χ1n) is 8.32. The minimum absolute atomic E-state index is 0.126. The Labute approximate surface area is 155 Å². The van der Waals surface area contributed by atoms with E-state index in [9.17, 15) is 9.18 Å². The molecule has 0 saturated heterocycles. The molecule has 7 heteroatoms. The monoisotopic (exact) mass is 365 g/mol. The van der Waals surface area contributed by atoms with Gasteiger partial charge >= 0.3 is 0 Å². The smallest absolute Gasteiger partial charge is 0.257 e. The highest BCUT2D eigenvalue weighted by atomic mass is 19.1. The van der Waals surface area contributed by atoms with Crippen LogP contribution >= 0.6 is 0 Å². The summed E-state index contributed by atoms with van der Waals surface area (Å²) in [5, 5.41) is 5.75. The SMILES string of the molecule is O=C(Nc1ccccc1F)c1cncc(NCc2ccc3c(c2)OCO3)c1. The standard InChI is InChI=1S/C20H16FN3O3/c21-16-3-1-2-4-17(16)24-20(25)14-8-15(11-22-10-14)23-9-13-5-6-18-19(7-13)27-12-26-18/h1-8,10-11,23H,9,12H2,(H,24,25). The average Bonchev–Trinajstić information content (AvgIpc) is 3.16. The molecule has 1 amide bonds. The van der Waals surface area contributed by atoms with Crippen LogP contribution in [0.1, 0.15) is 15.9 Å². The summed E-state index contributed by atoms with van der Waals surface area (Å²) in [5.41, 5.74) is 2.13. The number of aromatic nitrogens is 1. The van der Waals surface area contributed by atoms with E-state index >= 15 is 0 Å². The normalized spacial score (nSPS) is 11.9. The van der Waals surface area contributed by atoms with E-state index in [2.05, 4.69) is 15.6 Å². The molecule has 0 aliphatic carbocycles. The molecule has 1 aliphatic rings. The molecule has 2 N–H and O–H groups in total. The van der Waals surface area contributed by atoms with Crippen molar-refractivity contribution in [3.8, 4) is 11.5 Å². The lowest BCUT2D eigenvalue weighted by Crippen LogP contribution is -2.13. The number of nitrogens with one attached hydrogen (secondary N) is 2. The van der Waals surface area contributed by atoms with Crippen LogP contribution in [0.2, 0.25) is 0 Å². The molecule has 0 saturated carbocycles. The summed E-state index contributed by atoms with van der Waals surface area (Å²) in [6.45, 7) is 0.756. The molecule has 2 heterocycles. The van der Waals surface area contributed by atoms with Crippen molar-refractivity contribution in [2.24, 2.45) is 0 Å². The number of para-hydroxylation sites is 1. The van der Waals surface area contributed by atoms with Crippen LogP contribution in [0.25, 0.3) is 0 Å². The van der Waals surface area contributed by atoms with Gasteiger partial charge in [0.15, 0.2) is 11.5 Å². The van der Waals surface area contributed by atoms with Gasteiger partial charge in [0.2, 0.25) is 6.79 Å². The van der Waals surface area contributed by atoms with Gasteiger partial charge in [-0.1, -0.05) is 18.2 Å². The van der Waals surface area contributed by atoms with Gasteiger partial charge in [-0.15, -0.1) is 0 Å². The van der Waals surface area contributed by atoms with Crippen LogP contribution < -0.4 is 20.1 Å². The minimum atomic E-state index is -0.490. The third-order valence-electron chi connectivity index (χ3n) is 4.06. The lowest BCUT2D eigenvalue weighted by Gasteiger charge is -2.09. The first-order chi connectivity index (χ1) is 13.2. The molecular weight excluding hydrogens is 349 g/mol. The van der Waals surface area contributed by atoms with Crippen LogP contribution in [0.15, 0.2) is 60.9 Å². The number of anilines is 2. The Morgan fingerprint density at radius 2 is 1.93 bits per heavy atom. The highest BCUT2D eigenvalue weighted by Crippen LogP contribution is 2.32. The molecule has 27 heavy (non-hydrogen) atoms. The Kier molecular flexibility index (Phi) is 4.57. The number of fused-ring (bicyclic) bond motifs is 1. The molecule has 1 aromatic heterocycles. The van der Waals surface area contributed by atoms with Crippen molar-refractivity contribution in [1.82, 2.24) is 4.98 Å². The lowest BCUT2D eigenvalue weighted by molar-refractivity contribution is 0.102. The number of carbonyl (C=O) groups is 1. The highest BCUT2D eigenvalue weighted by molar-refractivity contribution is 6.04. The predicted molar refractivity (Wildman–Crippen MR) is 98.5 cm³/mol. The van der Waals surface area contributed by atoms with Crippen LogP contribution in [-0.2, 0) is 6.54 Å². The Balaban J connectivity index is 1.43. The highest BCUT2D eigenvalue weighted by Gasteiger charge is 2.13. The molecule has 0 unspecified atom stereocenters. The van der Waals surface area contributed by atoms with Crippen LogP contribution in [0.4, 0.5) is 15.8 Å². The number of amides is 1. The van der Waals surface area contributed by atoms with Gasteiger partial charge in [0, 0.05) is 18.9 Å². The van der Waals surface area contributed by atoms with Crippen LogP contribution in [0.3, 0.4) is 0 Å². The zero-order valence-corrected chi connectivity index (χ0v) is 14.2. The number of carbonyl (C=O) groups excluding carboxylic acids is 1. The molecule has 136 valence electrons. The Bertz CT molecular complexity index is 994. The maximum atomic E-state index is 13.7. The maximum absolute atomic E-state index is 13.7. The van der Waals surface area contributed by atoms with Crippen molar-refractivity contribution >= 4 is 17.3 Å². The fourth-order valence-electron chi connectivity index (χ4n) is 2.67. The first kappa shape index (κ1) is 16.8. The topological polar surface area (TPSA) is 72.5 Å². The second-order valence-electron chi connectivity index (χ2n) is 5.94. The number of ether oxygens (including phenoxy) is 2. The lowest BCUT2D eigenvalue weighted by atomic mass is 10.2. The van der Waals surface area contributed by atoms with Crippen LogP contribution in [-0.4, -0.2) is 17.7 Å². The Morgan fingerprint density at radius 3 is 2.81 bits per heavy atom. The van der Waals surface area contributed by atoms with Crippen LogP contribution in [0.5, 0.6) is 11.5 Å². The van der Waals surface area contributed by atoms with E-state index in [1.54, 1.807) is 24.4 Å². The van der Waals surface area contributed by atoms with E-state index in [0.717, 1.165) is 11.3 Å². The minimum Gasteiger partial charge on any atom is -0.454 e. The van der Waals surface area contributed by atoms with Crippen molar-refractivity contribution < 1.29 is 18.7 Å². The van der Waals surface area contributed by atoms with E-state index in [1.807, 2.05) is 18.2 Å². The summed E-state index contributed by atoms with van der Waals surface area (Å²) >= 11 is 0. The molecular formula is C20H16FN3O3. The fourth-order valence-corrected chi connectivity index (χ4v) is 2.67. The molecule has 6 nitrogen and oxygen atoms in total. The second kappa shape index (κ2) is 7.33. The third-order valence-corrected chi connectivity index (χ3v) is 4.06. The average molecular weight is 365 g/mol. The van der Waals surface area contributed by atoms with E-state index in [4.69, 9.17) is 9.47 Å². The third kappa shape index (κ3) is 3.82. The number of benzene rings is 2. The van der Waals surface area contributed by atoms with Gasteiger partial charge in [-0.2, -0.15) is 0 Å². The van der Waals surface area contributed by atoms with E-state index in [0.29, 0.717) is 23.5 Å². The molecule has 4 rings (SSSR count). The summed E-state index contributed by atoms with van der Waals surface area (Å²) in [4.78, 5) is 16.4. The fraction of sp³-hybridized carbons (Fsp3) is 0.100. The van der Waals surface area contributed by atoms with Crippen molar-refractivity contribution in [2.45, 2.75) is 6.54 Å².